The van der Waals surface area contributed by atoms with Gasteiger partial charge < -0.3 is 0 Å². The minimum Gasteiger partial charge on any atom is -0.198 e. The number of hydrogen-bond acceptors (Lipinski definition) is 1. The molecule has 1 aliphatic rings. The molecule has 0 bridgehead atoms. The highest BCUT2D eigenvalue weighted by molar-refractivity contribution is 4.90. The van der Waals surface area contributed by atoms with Gasteiger partial charge >= 0.3 is 0 Å². The summed E-state index contributed by atoms with van der Waals surface area (Å²) in [6.45, 7) is 2.19. The standard InChI is InChI=1S/C7H11N/c1-7(5-6-8)3-2-4-7/h2-5H2,1H3. The maximum absolute atomic E-state index is 8.32. The summed E-state index contributed by atoms with van der Waals surface area (Å²) in [5.74, 6) is 0. The van der Waals surface area contributed by atoms with Gasteiger partial charge in [-0.05, 0) is 18.3 Å². The van der Waals surface area contributed by atoms with Crippen molar-refractivity contribution in [1.82, 2.24) is 0 Å². The van der Waals surface area contributed by atoms with Crippen LogP contribution in [0.15, 0.2) is 0 Å². The largest absolute Gasteiger partial charge is 0.198 e. The van der Waals surface area contributed by atoms with E-state index in [0.29, 0.717) is 5.41 Å². The minimum atomic E-state index is 0.411. The van der Waals surface area contributed by atoms with Crippen LogP contribution in [0.5, 0.6) is 0 Å². The van der Waals surface area contributed by atoms with Gasteiger partial charge in [0.05, 0.1) is 6.07 Å². The third kappa shape index (κ3) is 0.838. The molecule has 0 aromatic rings. The molecule has 0 spiro atoms. The summed E-state index contributed by atoms with van der Waals surface area (Å²) in [6, 6.07) is 2.21. The van der Waals surface area contributed by atoms with Crippen molar-refractivity contribution in [3.63, 3.8) is 0 Å². The summed E-state index contributed by atoms with van der Waals surface area (Å²) in [6.07, 6.45) is 4.62. The van der Waals surface area contributed by atoms with Gasteiger partial charge in [-0.15, -0.1) is 0 Å². The van der Waals surface area contributed by atoms with Gasteiger partial charge in [-0.3, -0.25) is 0 Å². The van der Waals surface area contributed by atoms with E-state index < -0.39 is 0 Å². The lowest BCUT2D eigenvalue weighted by Gasteiger charge is -2.35. The Hall–Kier alpha value is -0.510. The molecule has 0 radical (unpaired) electrons. The van der Waals surface area contributed by atoms with E-state index in [9.17, 15) is 0 Å². The first-order valence-electron chi connectivity index (χ1n) is 3.14. The van der Waals surface area contributed by atoms with Crippen LogP contribution in [0.4, 0.5) is 0 Å². The lowest BCUT2D eigenvalue weighted by Crippen LogP contribution is -2.24. The summed E-state index contributed by atoms with van der Waals surface area (Å²) >= 11 is 0. The highest BCUT2D eigenvalue weighted by Gasteiger charge is 2.30. The van der Waals surface area contributed by atoms with Gasteiger partial charge in [0.1, 0.15) is 0 Å². The van der Waals surface area contributed by atoms with Crippen molar-refractivity contribution in [3.8, 4) is 6.07 Å². The van der Waals surface area contributed by atoms with Crippen LogP contribution < -0.4 is 0 Å². The topological polar surface area (TPSA) is 23.8 Å². The molecule has 8 heavy (non-hydrogen) atoms. The molecule has 44 valence electrons. The Morgan fingerprint density at radius 1 is 1.62 bits per heavy atom. The Bertz CT molecular complexity index is 117. The van der Waals surface area contributed by atoms with Crippen molar-refractivity contribution >= 4 is 0 Å². The van der Waals surface area contributed by atoms with Crippen LogP contribution in [0.2, 0.25) is 0 Å². The lowest BCUT2D eigenvalue weighted by atomic mass is 9.69. The molecule has 0 unspecified atom stereocenters. The predicted molar refractivity (Wildman–Crippen MR) is 32.2 cm³/mol. The van der Waals surface area contributed by atoms with Crippen LogP contribution in [-0.2, 0) is 0 Å². The molecular formula is C7H11N. The van der Waals surface area contributed by atoms with Crippen molar-refractivity contribution in [2.45, 2.75) is 32.6 Å². The summed E-state index contributed by atoms with van der Waals surface area (Å²) in [7, 11) is 0. The van der Waals surface area contributed by atoms with E-state index in [0.717, 1.165) is 6.42 Å². The predicted octanol–water partition coefficient (Wildman–Crippen LogP) is 2.09. The van der Waals surface area contributed by atoms with Crippen LogP contribution in [-0.4, -0.2) is 0 Å². The van der Waals surface area contributed by atoms with Crippen LogP contribution in [0, 0.1) is 16.7 Å². The molecule has 0 N–H and O–H groups in total. The second-order valence-electron chi connectivity index (χ2n) is 3.00. The van der Waals surface area contributed by atoms with Gasteiger partial charge in [-0.1, -0.05) is 13.3 Å². The van der Waals surface area contributed by atoms with Crippen molar-refractivity contribution < 1.29 is 0 Å². The second-order valence-corrected chi connectivity index (χ2v) is 3.00. The number of nitriles is 1. The molecule has 1 rings (SSSR count). The fourth-order valence-electron chi connectivity index (χ4n) is 1.15. The van der Waals surface area contributed by atoms with Gasteiger partial charge in [0.15, 0.2) is 0 Å². The molecule has 1 aliphatic carbocycles. The SMILES string of the molecule is CC1(CC#N)CCC1. The first-order valence-corrected chi connectivity index (χ1v) is 3.14. The highest BCUT2D eigenvalue weighted by atomic mass is 14.4. The summed E-state index contributed by atoms with van der Waals surface area (Å²) < 4.78 is 0. The summed E-state index contributed by atoms with van der Waals surface area (Å²) in [5, 5.41) is 8.32. The van der Waals surface area contributed by atoms with Crippen LogP contribution >= 0.6 is 0 Å². The van der Waals surface area contributed by atoms with E-state index in [-0.39, 0.29) is 0 Å². The third-order valence-electron chi connectivity index (χ3n) is 2.07. The van der Waals surface area contributed by atoms with E-state index in [1.165, 1.54) is 19.3 Å². The molecule has 0 aromatic heterocycles. The quantitative estimate of drug-likeness (QED) is 0.505. The zero-order valence-electron chi connectivity index (χ0n) is 5.28. The molecule has 1 nitrogen and oxygen atoms in total. The molecular weight excluding hydrogens is 98.1 g/mol. The highest BCUT2D eigenvalue weighted by Crippen LogP contribution is 2.42. The molecule has 1 fully saturated rings. The fraction of sp³-hybridized carbons (Fsp3) is 0.857. The van der Waals surface area contributed by atoms with Crippen molar-refractivity contribution in [1.29, 1.82) is 5.26 Å². The molecule has 0 aliphatic heterocycles. The van der Waals surface area contributed by atoms with E-state index in [2.05, 4.69) is 13.0 Å². The van der Waals surface area contributed by atoms with Gasteiger partial charge in [0.25, 0.3) is 0 Å². The molecule has 1 saturated carbocycles. The molecule has 0 aromatic carbocycles. The number of hydrogen-bond donors (Lipinski definition) is 0. The number of rotatable bonds is 1. The maximum Gasteiger partial charge on any atom is 0.0627 e. The van der Waals surface area contributed by atoms with Crippen LogP contribution in [0.25, 0.3) is 0 Å². The molecule has 1 heteroatoms. The average Bonchev–Trinajstić information content (AvgIpc) is 1.64. The number of nitrogens with zero attached hydrogens (tertiary/aromatic N) is 1. The third-order valence-corrected chi connectivity index (χ3v) is 2.07. The van der Waals surface area contributed by atoms with Gasteiger partial charge in [-0.25, -0.2) is 0 Å². The molecule has 0 atom stereocenters. The van der Waals surface area contributed by atoms with Crippen molar-refractivity contribution in [2.75, 3.05) is 0 Å². The molecule has 0 saturated heterocycles. The zero-order chi connectivity index (χ0) is 6.04. The van der Waals surface area contributed by atoms with Crippen LogP contribution in [0.1, 0.15) is 32.6 Å². The van der Waals surface area contributed by atoms with E-state index in [1.54, 1.807) is 0 Å². The van der Waals surface area contributed by atoms with Crippen LogP contribution in [0.3, 0.4) is 0 Å². The maximum atomic E-state index is 8.32. The Morgan fingerprint density at radius 2 is 2.25 bits per heavy atom. The van der Waals surface area contributed by atoms with Gasteiger partial charge in [0.2, 0.25) is 0 Å². The smallest absolute Gasteiger partial charge is 0.0627 e. The normalized spacial score (nSPS) is 23.5. The Kier molecular flexibility index (Phi) is 1.25. The first kappa shape index (κ1) is 5.62. The molecule has 0 amide bonds. The first-order chi connectivity index (χ1) is 3.77. The summed E-state index contributed by atoms with van der Waals surface area (Å²) in [5.41, 5.74) is 0.411. The average molecular weight is 109 g/mol. The van der Waals surface area contributed by atoms with Crippen molar-refractivity contribution in [3.05, 3.63) is 0 Å². The second kappa shape index (κ2) is 1.78. The Balaban J connectivity index is 2.33. The minimum absolute atomic E-state index is 0.411. The van der Waals surface area contributed by atoms with Gasteiger partial charge in [-0.2, -0.15) is 5.26 Å². The lowest BCUT2D eigenvalue weighted by molar-refractivity contribution is 0.168. The monoisotopic (exact) mass is 109 g/mol. The Labute approximate surface area is 50.3 Å². The van der Waals surface area contributed by atoms with E-state index >= 15 is 0 Å². The van der Waals surface area contributed by atoms with E-state index in [4.69, 9.17) is 5.26 Å². The van der Waals surface area contributed by atoms with E-state index in [1.807, 2.05) is 0 Å². The fourth-order valence-corrected chi connectivity index (χ4v) is 1.15. The summed E-state index contributed by atoms with van der Waals surface area (Å²) in [4.78, 5) is 0. The van der Waals surface area contributed by atoms with Crippen molar-refractivity contribution in [2.24, 2.45) is 5.41 Å². The van der Waals surface area contributed by atoms with Gasteiger partial charge in [0, 0.05) is 6.42 Å². The Morgan fingerprint density at radius 3 is 2.38 bits per heavy atom. The molecule has 0 heterocycles. The zero-order valence-corrected chi connectivity index (χ0v) is 5.28.